The summed E-state index contributed by atoms with van der Waals surface area (Å²) in [5, 5.41) is 10.2. The highest BCUT2D eigenvalue weighted by Gasteiger charge is 2.36. The SMILES string of the molecule is CC1CCC(O)C(N2CCN(C3CC3)CC2)C1. The molecule has 2 saturated carbocycles. The number of aliphatic hydroxyl groups is 1. The molecule has 1 saturated heterocycles. The molecule has 3 heteroatoms. The molecule has 3 rings (SSSR count). The number of hydrogen-bond donors (Lipinski definition) is 1. The maximum atomic E-state index is 10.2. The van der Waals surface area contributed by atoms with Gasteiger partial charge in [0, 0.05) is 38.3 Å². The minimum absolute atomic E-state index is 0.0707. The highest BCUT2D eigenvalue weighted by molar-refractivity contribution is 4.92. The maximum absolute atomic E-state index is 10.2. The van der Waals surface area contributed by atoms with E-state index in [1.165, 1.54) is 51.9 Å². The van der Waals surface area contributed by atoms with Gasteiger partial charge in [-0.3, -0.25) is 9.80 Å². The third kappa shape index (κ3) is 2.67. The summed E-state index contributed by atoms with van der Waals surface area (Å²) < 4.78 is 0. The monoisotopic (exact) mass is 238 g/mol. The molecule has 1 aliphatic heterocycles. The molecule has 3 aliphatic rings. The van der Waals surface area contributed by atoms with Gasteiger partial charge in [-0.25, -0.2) is 0 Å². The van der Waals surface area contributed by atoms with E-state index in [9.17, 15) is 5.11 Å². The predicted molar refractivity (Wildman–Crippen MR) is 69.0 cm³/mol. The summed E-state index contributed by atoms with van der Waals surface area (Å²) >= 11 is 0. The van der Waals surface area contributed by atoms with E-state index in [0.717, 1.165) is 18.4 Å². The van der Waals surface area contributed by atoms with Crippen LogP contribution in [0.3, 0.4) is 0 Å². The third-order valence-electron chi connectivity index (χ3n) is 4.92. The van der Waals surface area contributed by atoms with Gasteiger partial charge in [0.1, 0.15) is 0 Å². The molecule has 2 aliphatic carbocycles. The van der Waals surface area contributed by atoms with E-state index in [0.29, 0.717) is 6.04 Å². The van der Waals surface area contributed by atoms with Crippen LogP contribution in [0, 0.1) is 5.92 Å². The van der Waals surface area contributed by atoms with Crippen LogP contribution >= 0.6 is 0 Å². The Morgan fingerprint density at radius 3 is 2.18 bits per heavy atom. The molecule has 1 N–H and O–H groups in total. The van der Waals surface area contributed by atoms with E-state index in [4.69, 9.17) is 0 Å². The van der Waals surface area contributed by atoms with Crippen molar-refractivity contribution in [2.24, 2.45) is 5.92 Å². The number of rotatable bonds is 2. The summed E-state index contributed by atoms with van der Waals surface area (Å²) in [6.07, 6.45) is 6.18. The van der Waals surface area contributed by atoms with Gasteiger partial charge < -0.3 is 5.11 Å². The molecular formula is C14H26N2O. The van der Waals surface area contributed by atoms with E-state index >= 15 is 0 Å². The van der Waals surface area contributed by atoms with Crippen LogP contribution in [0.1, 0.15) is 39.0 Å². The van der Waals surface area contributed by atoms with Crippen LogP contribution in [0.15, 0.2) is 0 Å². The lowest BCUT2D eigenvalue weighted by Gasteiger charge is -2.44. The van der Waals surface area contributed by atoms with Gasteiger partial charge in [-0.15, -0.1) is 0 Å². The standard InChI is InChI=1S/C14H26N2O/c1-11-2-5-14(17)13(10-11)16-8-6-15(7-9-16)12-3-4-12/h11-14,17H,2-10H2,1H3. The Kier molecular flexibility index (Phi) is 3.42. The summed E-state index contributed by atoms with van der Waals surface area (Å²) in [6.45, 7) is 7.12. The van der Waals surface area contributed by atoms with Crippen LogP contribution in [0.25, 0.3) is 0 Å². The molecule has 3 nitrogen and oxygen atoms in total. The summed E-state index contributed by atoms with van der Waals surface area (Å²) in [6, 6.07) is 1.35. The zero-order valence-electron chi connectivity index (χ0n) is 11.0. The van der Waals surface area contributed by atoms with Crippen molar-refractivity contribution in [2.75, 3.05) is 26.2 Å². The van der Waals surface area contributed by atoms with Crippen molar-refractivity contribution in [2.45, 2.75) is 57.2 Å². The first-order chi connectivity index (χ1) is 8.24. The fraction of sp³-hybridized carbons (Fsp3) is 1.00. The quantitative estimate of drug-likeness (QED) is 0.786. The van der Waals surface area contributed by atoms with Crippen molar-refractivity contribution in [1.82, 2.24) is 9.80 Å². The average molecular weight is 238 g/mol. The van der Waals surface area contributed by atoms with Crippen molar-refractivity contribution < 1.29 is 5.11 Å². The first-order valence-corrected chi connectivity index (χ1v) is 7.40. The van der Waals surface area contributed by atoms with Gasteiger partial charge in [0.15, 0.2) is 0 Å². The average Bonchev–Trinajstić information content (AvgIpc) is 3.17. The van der Waals surface area contributed by atoms with Crippen molar-refractivity contribution in [3.63, 3.8) is 0 Å². The number of aliphatic hydroxyl groups excluding tert-OH is 1. The van der Waals surface area contributed by atoms with Crippen LogP contribution in [0.4, 0.5) is 0 Å². The van der Waals surface area contributed by atoms with Gasteiger partial charge in [-0.2, -0.15) is 0 Å². The Bertz CT molecular complexity index is 259. The van der Waals surface area contributed by atoms with E-state index in [-0.39, 0.29) is 6.10 Å². The molecule has 0 aromatic carbocycles. The third-order valence-corrected chi connectivity index (χ3v) is 4.92. The topological polar surface area (TPSA) is 26.7 Å². The second-order valence-corrected chi connectivity index (χ2v) is 6.36. The lowest BCUT2D eigenvalue weighted by atomic mass is 9.84. The van der Waals surface area contributed by atoms with Crippen molar-refractivity contribution in [3.05, 3.63) is 0 Å². The van der Waals surface area contributed by atoms with E-state index in [1.54, 1.807) is 0 Å². The lowest BCUT2D eigenvalue weighted by Crippen LogP contribution is -2.55. The van der Waals surface area contributed by atoms with Crippen LogP contribution in [0.2, 0.25) is 0 Å². The fourth-order valence-electron chi connectivity index (χ4n) is 3.60. The molecule has 0 bridgehead atoms. The van der Waals surface area contributed by atoms with Crippen molar-refractivity contribution in [3.8, 4) is 0 Å². The number of nitrogens with zero attached hydrogens (tertiary/aromatic N) is 2. The molecule has 0 amide bonds. The highest BCUT2D eigenvalue weighted by atomic mass is 16.3. The Balaban J connectivity index is 1.53. The molecule has 0 radical (unpaired) electrons. The smallest absolute Gasteiger partial charge is 0.0695 e. The Hall–Kier alpha value is -0.120. The molecule has 98 valence electrons. The molecule has 1 heterocycles. The van der Waals surface area contributed by atoms with Gasteiger partial charge in [0.25, 0.3) is 0 Å². The Morgan fingerprint density at radius 2 is 1.53 bits per heavy atom. The van der Waals surface area contributed by atoms with Crippen LogP contribution < -0.4 is 0 Å². The molecule has 3 atom stereocenters. The maximum Gasteiger partial charge on any atom is 0.0695 e. The largest absolute Gasteiger partial charge is 0.391 e. The first-order valence-electron chi connectivity index (χ1n) is 7.40. The van der Waals surface area contributed by atoms with Crippen LogP contribution in [-0.2, 0) is 0 Å². The first kappa shape index (κ1) is 11.9. The molecule has 17 heavy (non-hydrogen) atoms. The zero-order valence-corrected chi connectivity index (χ0v) is 11.0. The van der Waals surface area contributed by atoms with Gasteiger partial charge in [-0.1, -0.05) is 6.92 Å². The second kappa shape index (κ2) is 4.87. The summed E-state index contributed by atoms with van der Waals surface area (Å²) in [4.78, 5) is 5.20. The Morgan fingerprint density at radius 1 is 0.882 bits per heavy atom. The highest BCUT2D eigenvalue weighted by Crippen LogP contribution is 2.31. The minimum Gasteiger partial charge on any atom is -0.391 e. The van der Waals surface area contributed by atoms with Crippen LogP contribution in [-0.4, -0.2) is 59.3 Å². The molecule has 0 aromatic heterocycles. The lowest BCUT2D eigenvalue weighted by molar-refractivity contribution is -0.0160. The predicted octanol–water partition coefficient (Wildman–Crippen LogP) is 1.32. The van der Waals surface area contributed by atoms with Crippen molar-refractivity contribution in [1.29, 1.82) is 0 Å². The summed E-state index contributed by atoms with van der Waals surface area (Å²) in [5.74, 6) is 0.796. The second-order valence-electron chi connectivity index (χ2n) is 6.36. The summed E-state index contributed by atoms with van der Waals surface area (Å²) in [7, 11) is 0. The summed E-state index contributed by atoms with van der Waals surface area (Å²) in [5.41, 5.74) is 0. The van der Waals surface area contributed by atoms with E-state index in [1.807, 2.05) is 0 Å². The van der Waals surface area contributed by atoms with Crippen LogP contribution in [0.5, 0.6) is 0 Å². The normalized spacial score (nSPS) is 41.6. The number of piperazine rings is 1. The molecule has 3 unspecified atom stereocenters. The van der Waals surface area contributed by atoms with Gasteiger partial charge >= 0.3 is 0 Å². The van der Waals surface area contributed by atoms with Gasteiger partial charge in [0.2, 0.25) is 0 Å². The van der Waals surface area contributed by atoms with E-state index in [2.05, 4.69) is 16.7 Å². The Labute approximate surface area is 105 Å². The molecule has 3 fully saturated rings. The molecular weight excluding hydrogens is 212 g/mol. The molecule has 0 aromatic rings. The minimum atomic E-state index is -0.0707. The van der Waals surface area contributed by atoms with Gasteiger partial charge in [-0.05, 0) is 38.0 Å². The zero-order chi connectivity index (χ0) is 11.8. The number of hydrogen-bond acceptors (Lipinski definition) is 3. The fourth-order valence-corrected chi connectivity index (χ4v) is 3.60. The van der Waals surface area contributed by atoms with E-state index < -0.39 is 0 Å². The van der Waals surface area contributed by atoms with Gasteiger partial charge in [0.05, 0.1) is 6.10 Å². The molecule has 0 spiro atoms. The van der Waals surface area contributed by atoms with Crippen molar-refractivity contribution >= 4 is 0 Å².